The summed E-state index contributed by atoms with van der Waals surface area (Å²) in [5.41, 5.74) is 15.0. The normalized spacial score (nSPS) is 13.2. The molecular weight excluding hydrogens is 595 g/mol. The van der Waals surface area contributed by atoms with Gasteiger partial charge < -0.3 is 9.13 Å². The summed E-state index contributed by atoms with van der Waals surface area (Å²) in [5.74, 6) is 0. The molecule has 3 heteroatoms. The molecular formula is C46H31N3. The van der Waals surface area contributed by atoms with Crippen molar-refractivity contribution >= 4 is 49.3 Å². The first-order chi connectivity index (χ1) is 24.0. The van der Waals surface area contributed by atoms with Gasteiger partial charge in [-0.15, -0.1) is 0 Å². The molecule has 0 atom stereocenters. The second-order valence-electron chi connectivity index (χ2n) is 13.6. The molecule has 2 heterocycles. The fourth-order valence-electron chi connectivity index (χ4n) is 8.57. The summed E-state index contributed by atoms with van der Waals surface area (Å²) >= 11 is 0. The second-order valence-corrected chi connectivity index (χ2v) is 13.6. The van der Waals surface area contributed by atoms with E-state index in [4.69, 9.17) is 6.57 Å². The lowest BCUT2D eigenvalue weighted by Gasteiger charge is -2.23. The van der Waals surface area contributed by atoms with Crippen molar-refractivity contribution < 1.29 is 0 Å². The van der Waals surface area contributed by atoms with Crippen LogP contribution in [0.3, 0.4) is 0 Å². The van der Waals surface area contributed by atoms with Gasteiger partial charge in [0.2, 0.25) is 0 Å². The fraction of sp³-hybridized carbons (Fsp3) is 0.0652. The molecule has 0 unspecified atom stereocenters. The highest BCUT2D eigenvalue weighted by atomic mass is 15.0. The maximum atomic E-state index is 7.84. The third kappa shape index (κ3) is 3.77. The zero-order valence-electron chi connectivity index (χ0n) is 27.3. The van der Waals surface area contributed by atoms with Gasteiger partial charge in [-0.2, -0.15) is 0 Å². The molecule has 9 aromatic rings. The Morgan fingerprint density at radius 3 is 1.76 bits per heavy atom. The van der Waals surface area contributed by atoms with Crippen LogP contribution in [0.5, 0.6) is 0 Å². The Balaban J connectivity index is 1.20. The smallest absolute Gasteiger partial charge is 0.189 e. The number of aromatic nitrogens is 2. The van der Waals surface area contributed by atoms with Crippen molar-refractivity contribution in [3.05, 3.63) is 174 Å². The Hall–Kier alpha value is -6.37. The molecule has 0 fully saturated rings. The van der Waals surface area contributed by atoms with Crippen LogP contribution in [0, 0.1) is 6.57 Å². The Kier molecular flexibility index (Phi) is 5.69. The van der Waals surface area contributed by atoms with E-state index in [0.717, 1.165) is 33.5 Å². The Labute approximate surface area is 284 Å². The molecule has 0 radical (unpaired) electrons. The molecule has 7 aromatic carbocycles. The van der Waals surface area contributed by atoms with E-state index >= 15 is 0 Å². The molecule has 49 heavy (non-hydrogen) atoms. The summed E-state index contributed by atoms with van der Waals surface area (Å²) in [7, 11) is 0. The predicted octanol–water partition coefficient (Wildman–Crippen LogP) is 12.4. The molecule has 230 valence electrons. The molecule has 0 spiro atoms. The third-order valence-corrected chi connectivity index (χ3v) is 10.7. The van der Waals surface area contributed by atoms with Crippen molar-refractivity contribution in [2.45, 2.75) is 19.3 Å². The van der Waals surface area contributed by atoms with Gasteiger partial charge in [-0.1, -0.05) is 129 Å². The molecule has 0 aliphatic heterocycles. The maximum Gasteiger partial charge on any atom is 0.189 e. The predicted molar refractivity (Wildman–Crippen MR) is 204 cm³/mol. The molecule has 0 saturated heterocycles. The van der Waals surface area contributed by atoms with Crippen LogP contribution in [0.2, 0.25) is 0 Å². The number of rotatable bonds is 3. The Bertz CT molecular complexity index is 2800. The van der Waals surface area contributed by atoms with Crippen LogP contribution in [0.15, 0.2) is 152 Å². The van der Waals surface area contributed by atoms with Gasteiger partial charge in [-0.05, 0) is 64.2 Å². The van der Waals surface area contributed by atoms with Crippen molar-refractivity contribution in [2.75, 3.05) is 0 Å². The average molecular weight is 626 g/mol. The summed E-state index contributed by atoms with van der Waals surface area (Å²) in [4.78, 5) is 3.83. The highest BCUT2D eigenvalue weighted by Crippen LogP contribution is 2.53. The summed E-state index contributed by atoms with van der Waals surface area (Å²) in [6, 6.07) is 54.5. The maximum absolute atomic E-state index is 7.84. The number of benzene rings is 7. The van der Waals surface area contributed by atoms with Crippen LogP contribution in [-0.2, 0) is 5.41 Å². The number of hydrogen-bond donors (Lipinski definition) is 0. The molecule has 3 nitrogen and oxygen atoms in total. The van der Waals surface area contributed by atoms with Crippen LogP contribution < -0.4 is 0 Å². The topological polar surface area (TPSA) is 14.2 Å². The number of nitrogens with zero attached hydrogens (tertiary/aromatic N) is 3. The van der Waals surface area contributed by atoms with E-state index < -0.39 is 0 Å². The van der Waals surface area contributed by atoms with Gasteiger partial charge in [0.1, 0.15) is 0 Å². The van der Waals surface area contributed by atoms with Gasteiger partial charge >= 0.3 is 0 Å². The van der Waals surface area contributed by atoms with Crippen molar-refractivity contribution in [1.82, 2.24) is 9.13 Å². The van der Waals surface area contributed by atoms with E-state index in [2.05, 4.69) is 167 Å². The SMILES string of the molecule is [C-]#[N+]c1ccc(-c2ccc(-n3c4ccccc4c4ccc5c(c43)C(C)(C)c3ccccc3-5)cc2)c(-n2c3ccccc3c3ccccc32)c1. The lowest BCUT2D eigenvalue weighted by Crippen LogP contribution is -2.16. The van der Waals surface area contributed by atoms with Gasteiger partial charge in [0, 0.05) is 43.9 Å². The quantitative estimate of drug-likeness (QED) is 0.174. The lowest BCUT2D eigenvalue weighted by molar-refractivity contribution is 0.664. The first-order valence-corrected chi connectivity index (χ1v) is 16.8. The Morgan fingerprint density at radius 2 is 1.08 bits per heavy atom. The van der Waals surface area contributed by atoms with Crippen molar-refractivity contribution in [1.29, 1.82) is 0 Å². The lowest BCUT2D eigenvalue weighted by atomic mass is 9.81. The van der Waals surface area contributed by atoms with Crippen molar-refractivity contribution in [2.24, 2.45) is 0 Å². The van der Waals surface area contributed by atoms with Gasteiger partial charge in [0.15, 0.2) is 5.69 Å². The number of para-hydroxylation sites is 3. The number of hydrogen-bond acceptors (Lipinski definition) is 0. The van der Waals surface area contributed by atoms with E-state index in [1.165, 1.54) is 54.8 Å². The van der Waals surface area contributed by atoms with E-state index in [1.807, 2.05) is 12.1 Å². The zero-order chi connectivity index (χ0) is 32.9. The molecule has 2 aromatic heterocycles. The van der Waals surface area contributed by atoms with E-state index in [0.29, 0.717) is 5.69 Å². The molecule has 0 N–H and O–H groups in total. The van der Waals surface area contributed by atoms with Crippen LogP contribution in [0.1, 0.15) is 25.0 Å². The van der Waals surface area contributed by atoms with Crippen molar-refractivity contribution in [3.8, 4) is 33.6 Å². The standard InChI is InChI=1S/C46H31N3/c1-46(2)39-16-8-4-12-33(39)37-26-27-38-36-15-7-9-17-40(36)48(45(38)44(37)46)31-23-20-29(21-24-31)32-25-22-30(47-3)28-43(32)49-41-18-10-5-13-34(41)35-14-6-11-19-42(35)49/h4-28H,1-2H3. The van der Waals surface area contributed by atoms with Crippen LogP contribution in [0.4, 0.5) is 5.69 Å². The molecule has 0 bridgehead atoms. The molecule has 0 saturated carbocycles. The van der Waals surface area contributed by atoms with E-state index in [9.17, 15) is 0 Å². The fourth-order valence-corrected chi connectivity index (χ4v) is 8.57. The largest absolute Gasteiger partial charge is 0.310 e. The zero-order valence-corrected chi connectivity index (χ0v) is 27.3. The van der Waals surface area contributed by atoms with E-state index in [-0.39, 0.29) is 5.41 Å². The van der Waals surface area contributed by atoms with Crippen LogP contribution in [-0.4, -0.2) is 9.13 Å². The van der Waals surface area contributed by atoms with Crippen LogP contribution >= 0.6 is 0 Å². The first kappa shape index (κ1) is 27.7. The van der Waals surface area contributed by atoms with Gasteiger partial charge in [-0.25, -0.2) is 4.85 Å². The van der Waals surface area contributed by atoms with Crippen molar-refractivity contribution in [3.63, 3.8) is 0 Å². The highest BCUT2D eigenvalue weighted by molar-refractivity contribution is 6.13. The van der Waals surface area contributed by atoms with Crippen LogP contribution in [0.25, 0.3) is 82.1 Å². The monoisotopic (exact) mass is 625 g/mol. The highest BCUT2D eigenvalue weighted by Gasteiger charge is 2.38. The second kappa shape index (κ2) is 10.1. The molecule has 1 aliphatic carbocycles. The number of fused-ring (bicyclic) bond motifs is 10. The van der Waals surface area contributed by atoms with Gasteiger partial charge in [0.25, 0.3) is 0 Å². The minimum absolute atomic E-state index is 0.140. The average Bonchev–Trinajstić information content (AvgIpc) is 3.75. The summed E-state index contributed by atoms with van der Waals surface area (Å²) in [6.07, 6.45) is 0. The molecule has 0 amide bonds. The first-order valence-electron chi connectivity index (χ1n) is 16.8. The summed E-state index contributed by atoms with van der Waals surface area (Å²) in [6.45, 7) is 12.6. The van der Waals surface area contributed by atoms with E-state index in [1.54, 1.807) is 0 Å². The molecule has 1 aliphatic rings. The summed E-state index contributed by atoms with van der Waals surface area (Å²) < 4.78 is 4.79. The third-order valence-electron chi connectivity index (χ3n) is 10.7. The minimum Gasteiger partial charge on any atom is -0.310 e. The Morgan fingerprint density at radius 1 is 0.510 bits per heavy atom. The molecule has 10 rings (SSSR count). The minimum atomic E-state index is -0.140. The van der Waals surface area contributed by atoms with Gasteiger partial charge in [-0.3, -0.25) is 0 Å². The summed E-state index contributed by atoms with van der Waals surface area (Å²) in [5, 5.41) is 4.95. The van der Waals surface area contributed by atoms with Gasteiger partial charge in [0.05, 0.1) is 28.6 Å².